The molecule has 0 bridgehead atoms. The number of benzene rings is 4. The van der Waals surface area contributed by atoms with E-state index in [-0.39, 0.29) is 46.9 Å². The topological polar surface area (TPSA) is 237 Å². The lowest BCUT2D eigenvalue weighted by atomic mass is 10.1. The van der Waals surface area contributed by atoms with Crippen molar-refractivity contribution in [2.75, 3.05) is 22.1 Å². The van der Waals surface area contributed by atoms with Gasteiger partial charge in [0.25, 0.3) is 0 Å². The summed E-state index contributed by atoms with van der Waals surface area (Å²) in [5.41, 5.74) is 17.6. The second-order valence-corrected chi connectivity index (χ2v) is 15.1. The molecule has 2 saturated carbocycles. The molecule has 6 N–H and O–H groups in total. The fourth-order valence-corrected chi connectivity index (χ4v) is 7.71. The van der Waals surface area contributed by atoms with Crippen LogP contribution in [0.5, 0.6) is 0 Å². The normalized spacial score (nSPS) is 17.7. The molecule has 0 aliphatic heterocycles. The number of nitrogen functional groups attached to an aromatic ring is 2. The molecule has 8 aromatic rings. The number of aromatic nitrogens is 6. The standard InChI is InChI=1S/2C22H18N6O2/c2*1-27-18-4-2-3-5-19(18)28(22(27)30)14-6-12-8-20(25-11-16(12)17(24)9-14)26-21(29)15-7-13(15)10-23/h2*2-6,8-9,11,13,15H,7,24H2,1H3,(H,25,26,29)/t2*13-,15+/m10/s1. The summed E-state index contributed by atoms with van der Waals surface area (Å²) in [4.78, 5) is 58.8. The summed E-state index contributed by atoms with van der Waals surface area (Å²) in [5.74, 6) is -0.630. The lowest BCUT2D eigenvalue weighted by Crippen LogP contribution is -2.21. The summed E-state index contributed by atoms with van der Waals surface area (Å²) in [6.45, 7) is 0. The van der Waals surface area contributed by atoms with Crippen molar-refractivity contribution < 1.29 is 9.59 Å². The molecular weight excluding hydrogens is 761 g/mol. The molecule has 16 nitrogen and oxygen atoms in total. The number of fused-ring (bicyclic) bond motifs is 4. The number of nitrogens with one attached hydrogen (secondary N) is 2. The van der Waals surface area contributed by atoms with Crippen LogP contribution in [0.15, 0.2) is 107 Å². The van der Waals surface area contributed by atoms with Crippen molar-refractivity contribution in [3.63, 3.8) is 0 Å². The van der Waals surface area contributed by atoms with E-state index >= 15 is 0 Å². The van der Waals surface area contributed by atoms with Crippen LogP contribution in [0, 0.1) is 46.3 Å². The number of pyridine rings is 2. The molecule has 4 aromatic carbocycles. The number of nitrogens with zero attached hydrogens (tertiary/aromatic N) is 8. The Morgan fingerprint density at radius 2 is 1.02 bits per heavy atom. The molecule has 2 amide bonds. The summed E-state index contributed by atoms with van der Waals surface area (Å²) in [5, 5.41) is 26.3. The number of hydrogen-bond acceptors (Lipinski definition) is 10. The van der Waals surface area contributed by atoms with Gasteiger partial charge in [0.15, 0.2) is 0 Å². The molecule has 2 aliphatic rings. The van der Waals surface area contributed by atoms with E-state index in [1.165, 1.54) is 0 Å². The maximum Gasteiger partial charge on any atom is 0.333 e. The van der Waals surface area contributed by atoms with Crippen LogP contribution in [0.25, 0.3) is 55.0 Å². The van der Waals surface area contributed by atoms with Crippen molar-refractivity contribution in [3.05, 3.63) is 118 Å². The Kier molecular flexibility index (Phi) is 8.90. The van der Waals surface area contributed by atoms with Crippen molar-refractivity contribution in [1.29, 1.82) is 10.5 Å². The van der Waals surface area contributed by atoms with Crippen molar-refractivity contribution in [2.45, 2.75) is 12.8 Å². The number of nitriles is 2. The third-order valence-corrected chi connectivity index (χ3v) is 11.2. The first-order valence-corrected chi connectivity index (χ1v) is 19.1. The summed E-state index contributed by atoms with van der Waals surface area (Å²) in [6, 6.07) is 30.0. The minimum atomic E-state index is -0.279. The van der Waals surface area contributed by atoms with Crippen LogP contribution in [0.4, 0.5) is 23.0 Å². The number of para-hydroxylation sites is 4. The number of imidazole rings is 2. The summed E-state index contributed by atoms with van der Waals surface area (Å²) >= 11 is 0. The van der Waals surface area contributed by atoms with Gasteiger partial charge in [0.1, 0.15) is 11.6 Å². The van der Waals surface area contributed by atoms with Gasteiger partial charge in [-0.25, -0.2) is 19.6 Å². The molecule has 0 saturated heterocycles. The number of carbonyl (C=O) groups is 2. The molecule has 4 atom stereocenters. The van der Waals surface area contributed by atoms with Crippen LogP contribution in [-0.4, -0.2) is 40.1 Å². The van der Waals surface area contributed by atoms with Gasteiger partial charge < -0.3 is 22.1 Å². The van der Waals surface area contributed by atoms with Crippen LogP contribution < -0.4 is 33.5 Å². The molecule has 296 valence electrons. The second kappa shape index (κ2) is 14.3. The van der Waals surface area contributed by atoms with Crippen molar-refractivity contribution in [1.82, 2.24) is 28.2 Å². The molecule has 10 rings (SSSR count). The second-order valence-electron chi connectivity index (χ2n) is 15.1. The molecule has 0 unspecified atom stereocenters. The summed E-state index contributed by atoms with van der Waals surface area (Å²) in [7, 11) is 3.46. The number of amides is 2. The van der Waals surface area contributed by atoms with Gasteiger partial charge in [-0.2, -0.15) is 10.5 Å². The number of nitrogens with two attached hydrogens (primary N) is 2. The van der Waals surface area contributed by atoms with Crippen LogP contribution in [-0.2, 0) is 23.7 Å². The molecule has 0 radical (unpaired) electrons. The maximum atomic E-state index is 12.9. The Morgan fingerprint density at radius 1 is 0.633 bits per heavy atom. The van der Waals surface area contributed by atoms with E-state index in [1.54, 1.807) is 69.0 Å². The smallest absolute Gasteiger partial charge is 0.333 e. The number of anilines is 4. The molecule has 60 heavy (non-hydrogen) atoms. The fraction of sp³-hybridized carbons (Fsp3) is 0.182. The van der Waals surface area contributed by atoms with E-state index in [0.29, 0.717) is 47.2 Å². The predicted molar refractivity (Wildman–Crippen MR) is 228 cm³/mol. The number of carbonyl (C=O) groups excluding carboxylic acids is 2. The zero-order valence-electron chi connectivity index (χ0n) is 32.3. The first-order valence-electron chi connectivity index (χ1n) is 19.1. The van der Waals surface area contributed by atoms with E-state index in [0.717, 1.165) is 43.6 Å². The van der Waals surface area contributed by atoms with Gasteiger partial charge in [-0.15, -0.1) is 0 Å². The SMILES string of the molecule is Cn1c(=O)n(-c2cc(N)c3cnc(NC(=O)[C@@H]4C[C@H]4C#N)cc3c2)c2ccccc21.Cn1c(=O)n(-c2cc(N)c3cnc(NC(=O)[C@H]4C[C@@H]4C#N)cc3c2)c2ccccc21. The predicted octanol–water partition coefficient (Wildman–Crippen LogP) is 5.12. The van der Waals surface area contributed by atoms with Gasteiger partial charge in [0, 0.05) is 48.6 Å². The fourth-order valence-electron chi connectivity index (χ4n) is 7.71. The van der Waals surface area contributed by atoms with Crippen LogP contribution in [0.1, 0.15) is 12.8 Å². The largest absolute Gasteiger partial charge is 0.398 e. The number of aryl methyl sites for hydroxylation is 2. The number of rotatable bonds is 6. The highest BCUT2D eigenvalue weighted by Gasteiger charge is 2.44. The minimum absolute atomic E-state index is 0.172. The third-order valence-electron chi connectivity index (χ3n) is 11.2. The van der Waals surface area contributed by atoms with E-state index < -0.39 is 0 Å². The molecule has 16 heteroatoms. The van der Waals surface area contributed by atoms with Crippen molar-refractivity contribution in [2.24, 2.45) is 37.8 Å². The highest BCUT2D eigenvalue weighted by molar-refractivity contribution is 6.01. The van der Waals surface area contributed by atoms with E-state index in [2.05, 4.69) is 32.7 Å². The monoisotopic (exact) mass is 796 g/mol. The summed E-state index contributed by atoms with van der Waals surface area (Å²) < 4.78 is 6.42. The van der Waals surface area contributed by atoms with E-state index in [1.807, 2.05) is 60.7 Å². The molecule has 0 spiro atoms. The zero-order valence-corrected chi connectivity index (χ0v) is 32.3. The lowest BCUT2D eigenvalue weighted by molar-refractivity contribution is -0.118. The third kappa shape index (κ3) is 6.42. The number of hydrogen-bond donors (Lipinski definition) is 4. The maximum absolute atomic E-state index is 12.9. The first-order chi connectivity index (χ1) is 28.9. The zero-order chi connectivity index (χ0) is 42.0. The van der Waals surface area contributed by atoms with Crippen LogP contribution in [0.3, 0.4) is 0 Å². The van der Waals surface area contributed by atoms with Gasteiger partial charge in [0.2, 0.25) is 11.8 Å². The van der Waals surface area contributed by atoms with Gasteiger partial charge in [-0.05, 0) is 84.3 Å². The van der Waals surface area contributed by atoms with Gasteiger partial charge >= 0.3 is 11.4 Å². The lowest BCUT2D eigenvalue weighted by Gasteiger charge is -2.10. The Morgan fingerprint density at radius 3 is 1.38 bits per heavy atom. The van der Waals surface area contributed by atoms with Crippen molar-refractivity contribution >= 4 is 78.4 Å². The van der Waals surface area contributed by atoms with Gasteiger partial charge in [-0.3, -0.25) is 27.9 Å². The van der Waals surface area contributed by atoms with Gasteiger partial charge in [0.05, 0.1) is 69.3 Å². The Hall–Kier alpha value is -8.24. The van der Waals surface area contributed by atoms with Crippen LogP contribution >= 0.6 is 0 Å². The Labute approximate surface area is 340 Å². The molecular formula is C44H36N12O4. The Balaban J connectivity index is 0.000000154. The highest BCUT2D eigenvalue weighted by atomic mass is 16.2. The quantitative estimate of drug-likeness (QED) is 0.162. The van der Waals surface area contributed by atoms with E-state index in [9.17, 15) is 19.2 Å². The van der Waals surface area contributed by atoms with Gasteiger partial charge in [-0.1, -0.05) is 24.3 Å². The van der Waals surface area contributed by atoms with Crippen molar-refractivity contribution in [3.8, 4) is 23.5 Å². The molecule has 2 fully saturated rings. The van der Waals surface area contributed by atoms with Crippen LogP contribution in [0.2, 0.25) is 0 Å². The highest BCUT2D eigenvalue weighted by Crippen LogP contribution is 2.39. The Bertz CT molecular complexity index is 3110. The van der Waals surface area contributed by atoms with E-state index in [4.69, 9.17) is 22.0 Å². The average Bonchev–Trinajstić information content (AvgIpc) is 4.17. The molecule has 2 aliphatic carbocycles. The molecule has 4 aromatic heterocycles. The first kappa shape index (κ1) is 37.3. The molecule has 4 heterocycles. The minimum Gasteiger partial charge on any atom is -0.398 e. The summed E-state index contributed by atoms with van der Waals surface area (Å²) in [6.07, 6.45) is 4.36. The average molecular weight is 797 g/mol.